The van der Waals surface area contributed by atoms with Crippen LogP contribution < -0.4 is 0 Å². The summed E-state index contributed by atoms with van der Waals surface area (Å²) in [6.45, 7) is 2.21. The van der Waals surface area contributed by atoms with E-state index in [9.17, 15) is 4.79 Å². The lowest BCUT2D eigenvalue weighted by atomic mass is 10.0. The Labute approximate surface area is 115 Å². The van der Waals surface area contributed by atoms with E-state index < -0.39 is 0 Å². The van der Waals surface area contributed by atoms with E-state index in [-0.39, 0.29) is 5.97 Å². The van der Waals surface area contributed by atoms with Crippen molar-refractivity contribution in [2.45, 2.75) is 25.1 Å². The molecular weight excluding hydrogens is 303 g/mol. The van der Waals surface area contributed by atoms with Crippen LogP contribution in [0.5, 0.6) is 0 Å². The number of alkyl halides is 2. The van der Waals surface area contributed by atoms with Crippen molar-refractivity contribution >= 4 is 33.5 Å². The standard InChI is InChI=1S/C13H16BrClO2/c1-2-17-13(16)12-8-10(9-14)5-6-11(12)4-3-7-15/h5-6,8H,2-4,7,9H2,1H3. The third-order valence-corrected chi connectivity index (χ3v) is 3.32. The molecule has 0 unspecified atom stereocenters. The third-order valence-electron chi connectivity index (χ3n) is 2.40. The third kappa shape index (κ3) is 4.32. The summed E-state index contributed by atoms with van der Waals surface area (Å²) in [5, 5.41) is 0.731. The van der Waals surface area contributed by atoms with Crippen LogP contribution in [0, 0.1) is 0 Å². The first-order chi connectivity index (χ1) is 8.22. The normalized spacial score (nSPS) is 10.3. The van der Waals surface area contributed by atoms with Crippen LogP contribution in [-0.2, 0) is 16.5 Å². The monoisotopic (exact) mass is 318 g/mol. The first kappa shape index (κ1) is 14.5. The average Bonchev–Trinajstić information content (AvgIpc) is 2.36. The summed E-state index contributed by atoms with van der Waals surface area (Å²) in [6, 6.07) is 5.88. The van der Waals surface area contributed by atoms with E-state index in [0.717, 1.165) is 29.3 Å². The van der Waals surface area contributed by atoms with Crippen LogP contribution in [0.25, 0.3) is 0 Å². The van der Waals surface area contributed by atoms with Crippen LogP contribution in [-0.4, -0.2) is 18.5 Å². The second-order valence-electron chi connectivity index (χ2n) is 3.64. The molecule has 0 heterocycles. The molecule has 0 fully saturated rings. The fourth-order valence-corrected chi connectivity index (χ4v) is 2.06. The molecule has 0 amide bonds. The topological polar surface area (TPSA) is 26.3 Å². The Bertz CT molecular complexity index is 380. The lowest BCUT2D eigenvalue weighted by molar-refractivity contribution is 0.0525. The minimum Gasteiger partial charge on any atom is -0.462 e. The minimum atomic E-state index is -0.250. The zero-order valence-electron chi connectivity index (χ0n) is 9.84. The molecule has 0 aliphatic carbocycles. The Morgan fingerprint density at radius 2 is 2.24 bits per heavy atom. The van der Waals surface area contributed by atoms with E-state index in [0.29, 0.717) is 18.1 Å². The zero-order valence-corrected chi connectivity index (χ0v) is 12.2. The molecule has 17 heavy (non-hydrogen) atoms. The smallest absolute Gasteiger partial charge is 0.338 e. The molecular formula is C13H16BrClO2. The Kier molecular flexibility index (Phi) is 6.60. The van der Waals surface area contributed by atoms with Crippen molar-refractivity contribution in [3.05, 3.63) is 34.9 Å². The van der Waals surface area contributed by atoms with E-state index in [4.69, 9.17) is 16.3 Å². The molecule has 0 N–H and O–H groups in total. The number of carbonyl (C=O) groups excluding carboxylic acids is 1. The number of aryl methyl sites for hydroxylation is 1. The molecule has 94 valence electrons. The Morgan fingerprint density at radius 3 is 2.82 bits per heavy atom. The van der Waals surface area contributed by atoms with Crippen molar-refractivity contribution < 1.29 is 9.53 Å². The van der Waals surface area contributed by atoms with Crippen molar-refractivity contribution in [3.8, 4) is 0 Å². The SMILES string of the molecule is CCOC(=O)c1cc(CBr)ccc1CCCCl. The summed E-state index contributed by atoms with van der Waals surface area (Å²) < 4.78 is 5.06. The molecule has 2 nitrogen and oxygen atoms in total. The number of carbonyl (C=O) groups is 1. The molecule has 1 rings (SSSR count). The second kappa shape index (κ2) is 7.72. The lowest BCUT2D eigenvalue weighted by Gasteiger charge is -2.09. The fourth-order valence-electron chi connectivity index (χ4n) is 1.58. The number of hydrogen-bond donors (Lipinski definition) is 0. The van der Waals surface area contributed by atoms with Crippen molar-refractivity contribution in [2.75, 3.05) is 12.5 Å². The summed E-state index contributed by atoms with van der Waals surface area (Å²) in [4.78, 5) is 11.8. The molecule has 0 atom stereocenters. The summed E-state index contributed by atoms with van der Waals surface area (Å²) >= 11 is 9.06. The molecule has 4 heteroatoms. The van der Waals surface area contributed by atoms with Crippen molar-refractivity contribution in [1.29, 1.82) is 0 Å². The van der Waals surface area contributed by atoms with Crippen LogP contribution in [0.3, 0.4) is 0 Å². The van der Waals surface area contributed by atoms with Gasteiger partial charge in [-0.1, -0.05) is 28.1 Å². The highest BCUT2D eigenvalue weighted by atomic mass is 79.9. The quantitative estimate of drug-likeness (QED) is 0.586. The van der Waals surface area contributed by atoms with Crippen molar-refractivity contribution in [3.63, 3.8) is 0 Å². The van der Waals surface area contributed by atoms with Gasteiger partial charge in [-0.25, -0.2) is 4.79 Å². The summed E-state index contributed by atoms with van der Waals surface area (Å²) in [6.07, 6.45) is 1.67. The van der Waals surface area contributed by atoms with Crippen LogP contribution in [0.15, 0.2) is 18.2 Å². The van der Waals surface area contributed by atoms with E-state index >= 15 is 0 Å². The number of hydrogen-bond acceptors (Lipinski definition) is 2. The second-order valence-corrected chi connectivity index (χ2v) is 4.58. The van der Waals surface area contributed by atoms with E-state index in [1.807, 2.05) is 25.1 Å². The highest BCUT2D eigenvalue weighted by Gasteiger charge is 2.12. The van der Waals surface area contributed by atoms with Gasteiger partial charge < -0.3 is 4.74 Å². The molecule has 0 aliphatic rings. The van der Waals surface area contributed by atoms with Crippen molar-refractivity contribution in [1.82, 2.24) is 0 Å². The molecule has 1 aromatic carbocycles. The maximum Gasteiger partial charge on any atom is 0.338 e. The van der Waals surface area contributed by atoms with E-state index in [1.54, 1.807) is 0 Å². The molecule has 0 aromatic heterocycles. The summed E-state index contributed by atoms with van der Waals surface area (Å²) in [7, 11) is 0. The Hall–Kier alpha value is -0.540. The number of halogens is 2. The van der Waals surface area contributed by atoms with Gasteiger partial charge in [0.1, 0.15) is 0 Å². The maximum absolute atomic E-state index is 11.8. The Morgan fingerprint density at radius 1 is 1.47 bits per heavy atom. The molecule has 0 saturated heterocycles. The molecule has 0 saturated carbocycles. The largest absolute Gasteiger partial charge is 0.462 e. The van der Waals surface area contributed by atoms with E-state index in [1.165, 1.54) is 0 Å². The van der Waals surface area contributed by atoms with Gasteiger partial charge >= 0.3 is 5.97 Å². The van der Waals surface area contributed by atoms with Gasteiger partial charge in [0.2, 0.25) is 0 Å². The molecule has 0 bridgehead atoms. The minimum absolute atomic E-state index is 0.250. The molecule has 0 spiro atoms. The maximum atomic E-state index is 11.8. The first-order valence-electron chi connectivity index (χ1n) is 5.63. The first-order valence-corrected chi connectivity index (χ1v) is 7.29. The molecule has 1 aromatic rings. The van der Waals surface area contributed by atoms with Gasteiger partial charge in [-0.3, -0.25) is 0 Å². The highest BCUT2D eigenvalue weighted by molar-refractivity contribution is 9.08. The van der Waals surface area contributed by atoms with Gasteiger partial charge in [0, 0.05) is 11.2 Å². The van der Waals surface area contributed by atoms with Crippen LogP contribution in [0.1, 0.15) is 34.8 Å². The van der Waals surface area contributed by atoms with Gasteiger partial charge in [-0.05, 0) is 37.0 Å². The zero-order chi connectivity index (χ0) is 12.7. The number of ether oxygens (including phenoxy) is 1. The molecule has 0 aliphatic heterocycles. The number of benzene rings is 1. The van der Waals surface area contributed by atoms with Gasteiger partial charge in [-0.2, -0.15) is 0 Å². The van der Waals surface area contributed by atoms with Gasteiger partial charge in [-0.15, -0.1) is 11.6 Å². The number of rotatable bonds is 6. The van der Waals surface area contributed by atoms with Crippen LogP contribution >= 0.6 is 27.5 Å². The fraction of sp³-hybridized carbons (Fsp3) is 0.462. The Balaban J connectivity index is 2.98. The van der Waals surface area contributed by atoms with Gasteiger partial charge in [0.05, 0.1) is 12.2 Å². The summed E-state index contributed by atoms with van der Waals surface area (Å²) in [5.74, 6) is 0.350. The van der Waals surface area contributed by atoms with Crippen LogP contribution in [0.4, 0.5) is 0 Å². The lowest BCUT2D eigenvalue weighted by Crippen LogP contribution is -2.09. The van der Waals surface area contributed by atoms with Crippen molar-refractivity contribution in [2.24, 2.45) is 0 Å². The molecule has 0 radical (unpaired) electrons. The average molecular weight is 320 g/mol. The summed E-state index contributed by atoms with van der Waals surface area (Å²) in [5.41, 5.74) is 2.74. The van der Waals surface area contributed by atoms with E-state index in [2.05, 4.69) is 15.9 Å². The highest BCUT2D eigenvalue weighted by Crippen LogP contribution is 2.17. The van der Waals surface area contributed by atoms with Crippen LogP contribution in [0.2, 0.25) is 0 Å². The predicted molar refractivity (Wildman–Crippen MR) is 74.1 cm³/mol. The predicted octanol–water partition coefficient (Wildman–Crippen LogP) is 3.93. The number of esters is 1. The van der Waals surface area contributed by atoms with Gasteiger partial charge in [0.15, 0.2) is 0 Å². The van der Waals surface area contributed by atoms with Gasteiger partial charge in [0.25, 0.3) is 0 Å².